The lowest BCUT2D eigenvalue weighted by atomic mass is 9.56. The van der Waals surface area contributed by atoms with Crippen molar-refractivity contribution in [3.8, 4) is 5.75 Å². The van der Waals surface area contributed by atoms with Gasteiger partial charge >= 0.3 is 0 Å². The summed E-state index contributed by atoms with van der Waals surface area (Å²) < 4.78 is 0. The van der Waals surface area contributed by atoms with Crippen molar-refractivity contribution in [3.63, 3.8) is 0 Å². The lowest BCUT2D eigenvalue weighted by Crippen LogP contribution is -2.60. The molecule has 11 heteroatoms. The number of likely N-dealkylation sites (tertiary alicyclic amines) is 1. The first kappa shape index (κ1) is 25.7. The van der Waals surface area contributed by atoms with Crippen molar-refractivity contribution in [3.05, 3.63) is 69.7 Å². The summed E-state index contributed by atoms with van der Waals surface area (Å²) in [7, 11) is 1.32. The summed E-state index contributed by atoms with van der Waals surface area (Å²) in [5, 5.41) is 10.6. The van der Waals surface area contributed by atoms with E-state index in [4.69, 9.17) is 46.4 Å². The van der Waals surface area contributed by atoms with Gasteiger partial charge in [-0.25, -0.2) is 0 Å². The number of phenolic OH excluding ortho intramolecular Hbond substituents is 1. The van der Waals surface area contributed by atoms with Crippen LogP contribution in [0.2, 0.25) is 10.0 Å². The largest absolute Gasteiger partial charge is 0.508 e. The molecule has 6 atom stereocenters. The van der Waals surface area contributed by atoms with E-state index in [9.17, 15) is 24.3 Å². The number of fused-ring (bicyclic) bond motifs is 4. The second-order valence-corrected chi connectivity index (χ2v) is 12.3. The van der Waals surface area contributed by atoms with Gasteiger partial charge < -0.3 is 5.11 Å². The van der Waals surface area contributed by atoms with Gasteiger partial charge in [-0.1, -0.05) is 40.9 Å². The average molecular weight is 594 g/mol. The van der Waals surface area contributed by atoms with E-state index in [1.807, 2.05) is 6.08 Å². The number of aromatic hydroxyl groups is 1. The van der Waals surface area contributed by atoms with Gasteiger partial charge in [0.1, 0.15) is 5.75 Å². The van der Waals surface area contributed by atoms with Crippen LogP contribution in [0.4, 0.5) is 5.69 Å². The molecule has 3 fully saturated rings. The lowest BCUT2D eigenvalue weighted by molar-refractivity contribution is -0.138. The van der Waals surface area contributed by atoms with Crippen LogP contribution in [0, 0.1) is 17.8 Å². The van der Waals surface area contributed by atoms with Crippen LogP contribution in [0.1, 0.15) is 24.3 Å². The zero-order chi connectivity index (χ0) is 27.3. The highest BCUT2D eigenvalue weighted by molar-refractivity contribution is 6.54. The third-order valence-corrected chi connectivity index (χ3v) is 10.4. The highest BCUT2D eigenvalue weighted by atomic mass is 35.5. The Morgan fingerprint density at radius 1 is 0.921 bits per heavy atom. The summed E-state index contributed by atoms with van der Waals surface area (Å²) in [5.74, 6) is -5.34. The van der Waals surface area contributed by atoms with Crippen LogP contribution in [0.25, 0.3) is 0 Å². The number of carbonyl (C=O) groups excluding carboxylic acids is 4. The molecule has 1 saturated carbocycles. The van der Waals surface area contributed by atoms with E-state index in [1.54, 1.807) is 24.3 Å². The van der Waals surface area contributed by atoms with Gasteiger partial charge in [0.05, 0.1) is 17.5 Å². The maximum Gasteiger partial charge on any atom is 0.253 e. The number of rotatable bonds is 2. The van der Waals surface area contributed by atoms with E-state index in [0.29, 0.717) is 21.8 Å². The summed E-state index contributed by atoms with van der Waals surface area (Å²) in [6.07, 6.45) is 1.95. The Hall–Kier alpha value is -2.58. The number of allylic oxidation sites excluding steroid dienone is 2. The van der Waals surface area contributed by atoms with Crippen molar-refractivity contribution < 1.29 is 24.3 Å². The third kappa shape index (κ3) is 3.16. The van der Waals surface area contributed by atoms with Gasteiger partial charge in [-0.05, 0) is 60.7 Å². The molecule has 2 aromatic carbocycles. The fourth-order valence-corrected chi connectivity index (χ4v) is 8.11. The van der Waals surface area contributed by atoms with E-state index in [0.717, 1.165) is 9.80 Å². The van der Waals surface area contributed by atoms with Crippen LogP contribution in [-0.4, -0.2) is 50.4 Å². The number of carbonyl (C=O) groups is 4. The fourth-order valence-electron chi connectivity index (χ4n) is 6.68. The smallest absolute Gasteiger partial charge is 0.253 e. The lowest BCUT2D eigenvalue weighted by Gasteiger charge is -2.51. The van der Waals surface area contributed by atoms with Crippen LogP contribution in [0.3, 0.4) is 0 Å². The summed E-state index contributed by atoms with van der Waals surface area (Å²) >= 11 is 26.8. The molecule has 38 heavy (non-hydrogen) atoms. The van der Waals surface area contributed by atoms with E-state index in [1.165, 1.54) is 25.2 Å². The quantitative estimate of drug-likeness (QED) is 0.304. The number of phenols is 1. The molecule has 0 aromatic heterocycles. The van der Waals surface area contributed by atoms with Crippen molar-refractivity contribution in [2.75, 3.05) is 11.9 Å². The van der Waals surface area contributed by atoms with Gasteiger partial charge in [-0.3, -0.25) is 29.0 Å². The fraction of sp³-hybridized carbons (Fsp3) is 0.333. The molecule has 2 aliphatic heterocycles. The Labute approximate surface area is 237 Å². The number of amides is 4. The maximum absolute atomic E-state index is 13.9. The molecular weight excluding hydrogens is 574 g/mol. The predicted octanol–water partition coefficient (Wildman–Crippen LogP) is 4.89. The highest BCUT2D eigenvalue weighted by Crippen LogP contribution is 2.66. The molecule has 4 amide bonds. The SMILES string of the molecule is CN1C(=O)[C@]2(Cl)C[C@@H]3C(=CC[C@@H]4C(=O)N(c5ccc(Cl)cc5)C(=O)[C@@H]43)[C@H](c3ccc(O)cc3Cl)[C@]2(Cl)C1=O. The van der Waals surface area contributed by atoms with Crippen molar-refractivity contribution in [2.24, 2.45) is 17.8 Å². The van der Waals surface area contributed by atoms with Crippen LogP contribution in [0.5, 0.6) is 5.75 Å². The molecule has 2 aliphatic carbocycles. The van der Waals surface area contributed by atoms with Crippen molar-refractivity contribution in [1.82, 2.24) is 4.90 Å². The molecule has 0 unspecified atom stereocenters. The number of halogens is 4. The van der Waals surface area contributed by atoms with E-state index in [2.05, 4.69) is 0 Å². The second kappa shape index (κ2) is 8.46. The Morgan fingerprint density at radius 2 is 1.61 bits per heavy atom. The molecule has 2 heterocycles. The third-order valence-electron chi connectivity index (χ3n) is 8.39. The van der Waals surface area contributed by atoms with E-state index >= 15 is 0 Å². The maximum atomic E-state index is 13.9. The molecule has 7 nitrogen and oxygen atoms in total. The number of hydrogen-bond donors (Lipinski definition) is 1. The topological polar surface area (TPSA) is 95.0 Å². The molecule has 2 aromatic rings. The molecular formula is C27H20Cl4N2O5. The number of hydrogen-bond acceptors (Lipinski definition) is 5. The van der Waals surface area contributed by atoms with Crippen molar-refractivity contribution in [2.45, 2.75) is 28.5 Å². The number of imide groups is 2. The molecule has 6 rings (SSSR count). The van der Waals surface area contributed by atoms with Gasteiger partial charge in [0.15, 0.2) is 9.75 Å². The molecule has 1 N–H and O–H groups in total. The predicted molar refractivity (Wildman–Crippen MR) is 143 cm³/mol. The standard InChI is InChI=1S/C27H20Cl4N2O5/c1-32-24(37)26(30)11-18-15(21(27(26,31)25(32)38)16-7-6-14(34)10-19(16)29)8-9-17-20(18)23(36)33(22(17)35)13-4-2-12(28)3-5-13/h2-8,10,17-18,20-21,34H,9,11H2,1H3/t17-,18+,20-,21+,26+,27-/m0/s1. The minimum absolute atomic E-state index is 0.0920. The van der Waals surface area contributed by atoms with Gasteiger partial charge in [-0.2, -0.15) is 0 Å². The molecule has 0 radical (unpaired) electrons. The Morgan fingerprint density at radius 3 is 2.26 bits per heavy atom. The zero-order valence-corrected chi connectivity index (χ0v) is 22.9. The number of alkyl halides is 2. The van der Waals surface area contributed by atoms with Gasteiger partial charge in [0, 0.05) is 23.0 Å². The molecule has 196 valence electrons. The van der Waals surface area contributed by atoms with Gasteiger partial charge in [0.25, 0.3) is 11.8 Å². The molecule has 2 saturated heterocycles. The number of nitrogens with zero attached hydrogens (tertiary/aromatic N) is 2. The highest BCUT2D eigenvalue weighted by Gasteiger charge is 2.76. The van der Waals surface area contributed by atoms with Crippen LogP contribution in [0.15, 0.2) is 54.1 Å². The molecule has 4 aliphatic rings. The normalized spacial score (nSPS) is 34.3. The number of anilines is 1. The van der Waals surface area contributed by atoms with Gasteiger partial charge in [-0.15, -0.1) is 23.2 Å². The zero-order valence-electron chi connectivity index (χ0n) is 19.8. The summed E-state index contributed by atoms with van der Waals surface area (Å²) in [6.45, 7) is 0. The average Bonchev–Trinajstić information content (AvgIpc) is 3.20. The van der Waals surface area contributed by atoms with Crippen molar-refractivity contribution in [1.29, 1.82) is 0 Å². The summed E-state index contributed by atoms with van der Waals surface area (Å²) in [5.41, 5.74) is 1.41. The van der Waals surface area contributed by atoms with E-state index in [-0.39, 0.29) is 29.5 Å². The Bertz CT molecular complexity index is 1480. The minimum Gasteiger partial charge on any atom is -0.508 e. The van der Waals surface area contributed by atoms with Crippen LogP contribution >= 0.6 is 46.4 Å². The first-order chi connectivity index (χ1) is 17.9. The van der Waals surface area contributed by atoms with Crippen LogP contribution < -0.4 is 4.90 Å². The Balaban J connectivity index is 1.52. The van der Waals surface area contributed by atoms with E-state index < -0.39 is 51.1 Å². The van der Waals surface area contributed by atoms with Crippen molar-refractivity contribution >= 4 is 75.7 Å². The molecule has 0 bridgehead atoms. The summed E-state index contributed by atoms with van der Waals surface area (Å²) in [4.78, 5) is 52.6. The van der Waals surface area contributed by atoms with Crippen LogP contribution in [-0.2, 0) is 19.2 Å². The van der Waals surface area contributed by atoms with Gasteiger partial charge in [0.2, 0.25) is 11.8 Å². The monoisotopic (exact) mass is 592 g/mol. The first-order valence-corrected chi connectivity index (χ1v) is 13.4. The number of benzene rings is 2. The Kier molecular flexibility index (Phi) is 5.72. The summed E-state index contributed by atoms with van der Waals surface area (Å²) in [6, 6.07) is 10.7. The first-order valence-electron chi connectivity index (χ1n) is 11.9. The minimum atomic E-state index is -1.93. The second-order valence-electron chi connectivity index (χ2n) is 10.2. The molecule has 0 spiro atoms.